The van der Waals surface area contributed by atoms with Gasteiger partial charge in [0.25, 0.3) is 0 Å². The number of aromatic nitrogens is 2. The lowest BCUT2D eigenvalue weighted by Gasteiger charge is -2.09. The molecule has 0 aliphatic rings. The van der Waals surface area contributed by atoms with Crippen molar-refractivity contribution in [2.75, 3.05) is 0 Å². The highest BCUT2D eigenvalue weighted by molar-refractivity contribution is 5.57. The first kappa shape index (κ1) is 19.9. The van der Waals surface area contributed by atoms with Crippen LogP contribution in [0.5, 0.6) is 11.5 Å². The van der Waals surface area contributed by atoms with E-state index in [-0.39, 0.29) is 0 Å². The molecule has 0 N–H and O–H groups in total. The second kappa shape index (κ2) is 8.95. The van der Waals surface area contributed by atoms with Crippen LogP contribution >= 0.6 is 0 Å². The molecule has 0 bridgehead atoms. The van der Waals surface area contributed by atoms with Gasteiger partial charge in [-0.25, -0.2) is 0 Å². The molecule has 152 valence electrons. The zero-order valence-electron chi connectivity index (χ0n) is 17.6. The number of ether oxygens (including phenoxy) is 1. The van der Waals surface area contributed by atoms with E-state index >= 15 is 0 Å². The number of nitrogens with zero attached hydrogens (tertiary/aromatic N) is 2. The van der Waals surface area contributed by atoms with Gasteiger partial charge in [0.2, 0.25) is 11.7 Å². The van der Waals surface area contributed by atoms with Crippen LogP contribution in [0.4, 0.5) is 0 Å². The molecule has 0 aliphatic heterocycles. The lowest BCUT2D eigenvalue weighted by molar-refractivity contribution is 0.385. The summed E-state index contributed by atoms with van der Waals surface area (Å²) in [6.45, 7) is 6.61. The number of hydrogen-bond donors (Lipinski definition) is 0. The SMILES string of the molecule is Cc1cc(-c2noc(Cc3ccc(Oc4ccccc4)cc3)n2)ccc1CC(C)C. The number of rotatable bonds is 7. The second-order valence-electron chi connectivity index (χ2n) is 7.99. The van der Waals surface area contributed by atoms with Gasteiger partial charge in [0.05, 0.1) is 6.42 Å². The molecule has 0 radical (unpaired) electrons. The molecule has 0 unspecified atom stereocenters. The minimum atomic E-state index is 0.586. The standard InChI is InChI=1S/C26H26N2O2/c1-18(2)15-21-11-12-22(16-19(21)3)26-27-25(30-28-26)17-20-9-13-24(14-10-20)29-23-7-5-4-6-8-23/h4-14,16,18H,15,17H2,1-3H3. The van der Waals surface area contributed by atoms with Crippen molar-refractivity contribution in [1.82, 2.24) is 10.1 Å². The molecule has 0 saturated carbocycles. The third kappa shape index (κ3) is 4.95. The van der Waals surface area contributed by atoms with Gasteiger partial charge in [-0.1, -0.05) is 61.5 Å². The van der Waals surface area contributed by atoms with Gasteiger partial charge in [0, 0.05) is 5.56 Å². The Bertz CT molecular complexity index is 1100. The van der Waals surface area contributed by atoms with Crippen LogP contribution in [-0.4, -0.2) is 10.1 Å². The minimum Gasteiger partial charge on any atom is -0.457 e. The molecule has 1 heterocycles. The van der Waals surface area contributed by atoms with Crippen LogP contribution in [0.2, 0.25) is 0 Å². The first-order chi connectivity index (χ1) is 14.6. The van der Waals surface area contributed by atoms with E-state index in [0.29, 0.717) is 24.1 Å². The summed E-state index contributed by atoms with van der Waals surface area (Å²) in [6.07, 6.45) is 1.66. The van der Waals surface area contributed by atoms with Crippen LogP contribution in [-0.2, 0) is 12.8 Å². The van der Waals surface area contributed by atoms with Gasteiger partial charge in [0.15, 0.2) is 0 Å². The van der Waals surface area contributed by atoms with Crippen molar-refractivity contribution in [1.29, 1.82) is 0 Å². The molecular weight excluding hydrogens is 372 g/mol. The predicted molar refractivity (Wildman–Crippen MR) is 119 cm³/mol. The van der Waals surface area contributed by atoms with Crippen molar-refractivity contribution in [3.05, 3.63) is 95.4 Å². The molecule has 3 aromatic carbocycles. The van der Waals surface area contributed by atoms with Crippen LogP contribution in [0.15, 0.2) is 77.3 Å². The zero-order chi connectivity index (χ0) is 20.9. The van der Waals surface area contributed by atoms with Gasteiger partial charge in [-0.2, -0.15) is 4.98 Å². The fourth-order valence-corrected chi connectivity index (χ4v) is 3.42. The van der Waals surface area contributed by atoms with E-state index in [0.717, 1.165) is 29.0 Å². The highest BCUT2D eigenvalue weighted by atomic mass is 16.5. The maximum absolute atomic E-state index is 5.84. The Kier molecular flexibility index (Phi) is 5.94. The number of aryl methyl sites for hydroxylation is 1. The number of para-hydroxylation sites is 1. The molecule has 0 spiro atoms. The molecule has 0 fully saturated rings. The zero-order valence-corrected chi connectivity index (χ0v) is 17.6. The Morgan fingerprint density at radius 1 is 0.900 bits per heavy atom. The maximum atomic E-state index is 5.84. The van der Waals surface area contributed by atoms with Crippen molar-refractivity contribution in [2.24, 2.45) is 5.92 Å². The Balaban J connectivity index is 1.42. The van der Waals surface area contributed by atoms with Crippen LogP contribution in [0.1, 0.15) is 36.4 Å². The van der Waals surface area contributed by atoms with Crippen LogP contribution in [0.25, 0.3) is 11.4 Å². The van der Waals surface area contributed by atoms with Gasteiger partial charge in [0.1, 0.15) is 11.5 Å². The molecule has 0 amide bonds. The van der Waals surface area contributed by atoms with Crippen molar-refractivity contribution in [2.45, 2.75) is 33.6 Å². The quantitative estimate of drug-likeness (QED) is 0.351. The van der Waals surface area contributed by atoms with E-state index in [2.05, 4.69) is 49.1 Å². The number of hydrogen-bond acceptors (Lipinski definition) is 4. The fourth-order valence-electron chi connectivity index (χ4n) is 3.42. The van der Waals surface area contributed by atoms with E-state index in [9.17, 15) is 0 Å². The molecular formula is C26H26N2O2. The summed E-state index contributed by atoms with van der Waals surface area (Å²) in [5.41, 5.74) is 4.72. The van der Waals surface area contributed by atoms with E-state index in [1.165, 1.54) is 11.1 Å². The Hall–Kier alpha value is -3.40. The summed E-state index contributed by atoms with van der Waals surface area (Å²) in [5, 5.41) is 4.18. The summed E-state index contributed by atoms with van der Waals surface area (Å²) < 4.78 is 11.3. The van der Waals surface area contributed by atoms with Gasteiger partial charge >= 0.3 is 0 Å². The van der Waals surface area contributed by atoms with Crippen LogP contribution < -0.4 is 4.74 Å². The van der Waals surface area contributed by atoms with Crippen molar-refractivity contribution in [3.8, 4) is 22.9 Å². The molecule has 4 heteroatoms. The second-order valence-corrected chi connectivity index (χ2v) is 7.99. The van der Waals surface area contributed by atoms with E-state index in [4.69, 9.17) is 9.26 Å². The fraction of sp³-hybridized carbons (Fsp3) is 0.231. The largest absolute Gasteiger partial charge is 0.457 e. The van der Waals surface area contributed by atoms with Gasteiger partial charge in [-0.05, 0) is 66.3 Å². The van der Waals surface area contributed by atoms with Gasteiger partial charge in [-0.15, -0.1) is 0 Å². The van der Waals surface area contributed by atoms with E-state index in [1.54, 1.807) is 0 Å². The van der Waals surface area contributed by atoms with E-state index in [1.807, 2.05) is 54.6 Å². The summed E-state index contributed by atoms with van der Waals surface area (Å²) >= 11 is 0. The lowest BCUT2D eigenvalue weighted by atomic mass is 9.97. The Morgan fingerprint density at radius 3 is 2.33 bits per heavy atom. The smallest absolute Gasteiger partial charge is 0.231 e. The predicted octanol–water partition coefficient (Wildman–Crippen LogP) is 6.63. The maximum Gasteiger partial charge on any atom is 0.231 e. The molecule has 1 aromatic heterocycles. The first-order valence-corrected chi connectivity index (χ1v) is 10.3. The third-order valence-electron chi connectivity index (χ3n) is 4.95. The van der Waals surface area contributed by atoms with E-state index < -0.39 is 0 Å². The monoisotopic (exact) mass is 398 g/mol. The van der Waals surface area contributed by atoms with Gasteiger partial charge in [-0.3, -0.25) is 0 Å². The molecule has 4 rings (SSSR count). The lowest BCUT2D eigenvalue weighted by Crippen LogP contribution is -1.97. The average molecular weight is 399 g/mol. The summed E-state index contributed by atoms with van der Waals surface area (Å²) in [4.78, 5) is 4.59. The molecule has 4 aromatic rings. The normalized spacial score (nSPS) is 11.1. The third-order valence-corrected chi connectivity index (χ3v) is 4.95. The average Bonchev–Trinajstić information content (AvgIpc) is 3.20. The molecule has 0 aliphatic carbocycles. The van der Waals surface area contributed by atoms with Crippen LogP contribution in [0, 0.1) is 12.8 Å². The molecule has 0 atom stereocenters. The van der Waals surface area contributed by atoms with Crippen molar-refractivity contribution >= 4 is 0 Å². The Labute approximate surface area is 177 Å². The summed E-state index contributed by atoms with van der Waals surface area (Å²) in [5.74, 6) is 3.49. The summed E-state index contributed by atoms with van der Waals surface area (Å²) in [6, 6.07) is 24.1. The minimum absolute atomic E-state index is 0.586. The van der Waals surface area contributed by atoms with Gasteiger partial charge < -0.3 is 9.26 Å². The molecule has 30 heavy (non-hydrogen) atoms. The van der Waals surface area contributed by atoms with Crippen molar-refractivity contribution < 1.29 is 9.26 Å². The highest BCUT2D eigenvalue weighted by Gasteiger charge is 2.11. The summed E-state index contributed by atoms with van der Waals surface area (Å²) in [7, 11) is 0. The first-order valence-electron chi connectivity index (χ1n) is 10.3. The Morgan fingerprint density at radius 2 is 1.63 bits per heavy atom. The molecule has 4 nitrogen and oxygen atoms in total. The van der Waals surface area contributed by atoms with Crippen molar-refractivity contribution in [3.63, 3.8) is 0 Å². The van der Waals surface area contributed by atoms with Crippen LogP contribution in [0.3, 0.4) is 0 Å². The topological polar surface area (TPSA) is 48.2 Å². The molecule has 0 saturated heterocycles. The highest BCUT2D eigenvalue weighted by Crippen LogP contribution is 2.24. The number of benzene rings is 3.